The average molecular weight is 428 g/mol. The number of nitrogens with zero attached hydrogens (tertiary/aromatic N) is 3. The number of hydrogen-bond donors (Lipinski definition) is 0. The van der Waals surface area contributed by atoms with Crippen LogP contribution in [0.2, 0.25) is 5.02 Å². The molecule has 0 spiro atoms. The Morgan fingerprint density at radius 2 is 1.83 bits per heavy atom. The first kappa shape index (κ1) is 20.7. The van der Waals surface area contributed by atoms with E-state index in [-0.39, 0.29) is 11.9 Å². The highest BCUT2D eigenvalue weighted by Crippen LogP contribution is 2.48. The summed E-state index contributed by atoms with van der Waals surface area (Å²) in [7, 11) is 0. The first-order chi connectivity index (χ1) is 14.5. The smallest absolute Gasteiger partial charge is 0.328 e. The van der Waals surface area contributed by atoms with Gasteiger partial charge in [0, 0.05) is 23.7 Å². The number of fused-ring (bicyclic) bond motifs is 3. The van der Waals surface area contributed by atoms with Crippen LogP contribution in [0.1, 0.15) is 25.0 Å². The van der Waals surface area contributed by atoms with Gasteiger partial charge in [0.1, 0.15) is 12.4 Å². The lowest BCUT2D eigenvalue weighted by Gasteiger charge is -2.34. The van der Waals surface area contributed by atoms with Crippen molar-refractivity contribution < 1.29 is 14.3 Å². The Kier molecular flexibility index (Phi) is 5.71. The Hall–Kier alpha value is -2.57. The van der Waals surface area contributed by atoms with Crippen LogP contribution in [-0.2, 0) is 10.3 Å². The number of imide groups is 1. The maximum Gasteiger partial charge on any atom is 0.328 e. The van der Waals surface area contributed by atoms with Crippen molar-refractivity contribution in [3.63, 3.8) is 0 Å². The summed E-state index contributed by atoms with van der Waals surface area (Å²) in [6.45, 7) is 7.50. The third-order valence-corrected chi connectivity index (χ3v) is 6.29. The zero-order valence-corrected chi connectivity index (χ0v) is 18.1. The summed E-state index contributed by atoms with van der Waals surface area (Å²) in [5.74, 6) is 0.331. The van der Waals surface area contributed by atoms with Crippen LogP contribution in [0, 0.1) is 0 Å². The van der Waals surface area contributed by atoms with Crippen LogP contribution in [0.4, 0.5) is 4.79 Å². The van der Waals surface area contributed by atoms with Crippen LogP contribution in [0.5, 0.6) is 5.75 Å². The minimum atomic E-state index is -1.28. The van der Waals surface area contributed by atoms with Crippen molar-refractivity contribution in [2.75, 3.05) is 39.3 Å². The van der Waals surface area contributed by atoms with Crippen LogP contribution in [0.25, 0.3) is 0 Å². The van der Waals surface area contributed by atoms with E-state index in [1.54, 1.807) is 23.1 Å². The van der Waals surface area contributed by atoms with Crippen molar-refractivity contribution in [1.29, 1.82) is 0 Å². The summed E-state index contributed by atoms with van der Waals surface area (Å²) in [6.07, 6.45) is 0. The van der Waals surface area contributed by atoms with Gasteiger partial charge in [0.05, 0.1) is 6.54 Å². The molecule has 3 amide bonds. The van der Waals surface area contributed by atoms with Crippen LogP contribution >= 0.6 is 11.6 Å². The molecule has 7 heteroatoms. The number of hydrogen-bond acceptors (Lipinski definition) is 4. The molecule has 0 radical (unpaired) electrons. The van der Waals surface area contributed by atoms with Gasteiger partial charge in [-0.2, -0.15) is 0 Å². The average Bonchev–Trinajstić information content (AvgIpc) is 2.88. The fourth-order valence-electron chi connectivity index (χ4n) is 4.46. The second-order valence-electron chi connectivity index (χ2n) is 7.48. The standard InChI is InChI=1S/C23H26ClN3O3/c1-3-25(4-2)12-13-26-21(28)23(17-8-6-5-7-9-17)19-16-18(24)10-11-20(19)30-15-14-27(23)22(26)29/h5-11,16H,3-4,12-15H2,1-2H3. The molecule has 0 N–H and O–H groups in total. The lowest BCUT2D eigenvalue weighted by Crippen LogP contribution is -2.48. The molecule has 0 bridgehead atoms. The molecule has 6 nitrogen and oxygen atoms in total. The van der Waals surface area contributed by atoms with Gasteiger partial charge in [0.25, 0.3) is 5.91 Å². The van der Waals surface area contributed by atoms with E-state index in [4.69, 9.17) is 16.3 Å². The molecule has 4 rings (SSSR count). The molecule has 0 aliphatic carbocycles. The quantitative estimate of drug-likeness (QED) is 0.661. The van der Waals surface area contributed by atoms with E-state index < -0.39 is 5.54 Å². The monoisotopic (exact) mass is 427 g/mol. The maximum atomic E-state index is 14.0. The highest BCUT2D eigenvalue weighted by atomic mass is 35.5. The highest BCUT2D eigenvalue weighted by Gasteiger charge is 2.61. The second-order valence-corrected chi connectivity index (χ2v) is 7.92. The molecule has 0 aromatic heterocycles. The normalized spacial score (nSPS) is 20.8. The van der Waals surface area contributed by atoms with E-state index in [2.05, 4.69) is 18.7 Å². The van der Waals surface area contributed by atoms with E-state index in [0.717, 1.165) is 18.7 Å². The lowest BCUT2D eigenvalue weighted by atomic mass is 9.81. The van der Waals surface area contributed by atoms with Crippen molar-refractivity contribution in [2.45, 2.75) is 19.4 Å². The zero-order valence-electron chi connectivity index (χ0n) is 17.3. The molecule has 1 fully saturated rings. The Morgan fingerprint density at radius 1 is 1.10 bits per heavy atom. The predicted octanol–water partition coefficient (Wildman–Crippen LogP) is 3.58. The van der Waals surface area contributed by atoms with Crippen LogP contribution in [-0.4, -0.2) is 66.0 Å². The molecule has 1 unspecified atom stereocenters. The summed E-state index contributed by atoms with van der Waals surface area (Å²) in [5, 5.41) is 0.497. The number of urea groups is 1. The minimum Gasteiger partial charge on any atom is -0.491 e. The number of amides is 3. The molecule has 0 saturated carbocycles. The molecule has 1 saturated heterocycles. The number of halogens is 1. The van der Waals surface area contributed by atoms with E-state index in [0.29, 0.717) is 42.6 Å². The van der Waals surface area contributed by atoms with Gasteiger partial charge < -0.3 is 9.64 Å². The Bertz CT molecular complexity index is 948. The number of benzene rings is 2. The van der Waals surface area contributed by atoms with Gasteiger partial charge >= 0.3 is 6.03 Å². The number of ether oxygens (including phenoxy) is 1. The van der Waals surface area contributed by atoms with E-state index in [1.165, 1.54) is 4.90 Å². The topological polar surface area (TPSA) is 53.1 Å². The Labute approximate surface area is 182 Å². The van der Waals surface area contributed by atoms with Crippen molar-refractivity contribution >= 4 is 23.5 Å². The van der Waals surface area contributed by atoms with E-state index in [1.807, 2.05) is 30.3 Å². The van der Waals surface area contributed by atoms with Gasteiger partial charge in [-0.3, -0.25) is 14.6 Å². The van der Waals surface area contributed by atoms with Crippen molar-refractivity contribution in [2.24, 2.45) is 0 Å². The zero-order chi connectivity index (χ0) is 21.3. The molecule has 2 aliphatic rings. The fourth-order valence-corrected chi connectivity index (χ4v) is 4.63. The number of likely N-dealkylation sites (N-methyl/N-ethyl adjacent to an activating group) is 1. The summed E-state index contributed by atoms with van der Waals surface area (Å²) in [4.78, 5) is 32.8. The van der Waals surface area contributed by atoms with Gasteiger partial charge in [-0.25, -0.2) is 4.79 Å². The summed E-state index contributed by atoms with van der Waals surface area (Å²) < 4.78 is 5.92. The first-order valence-corrected chi connectivity index (χ1v) is 10.8. The van der Waals surface area contributed by atoms with Gasteiger partial charge in [-0.15, -0.1) is 0 Å². The number of rotatable bonds is 6. The Balaban J connectivity index is 1.87. The molecule has 1 atom stereocenters. The maximum absolute atomic E-state index is 14.0. The third-order valence-electron chi connectivity index (χ3n) is 6.05. The summed E-state index contributed by atoms with van der Waals surface area (Å²) >= 11 is 6.34. The third kappa shape index (κ3) is 3.15. The molecule has 2 aliphatic heterocycles. The van der Waals surface area contributed by atoms with Gasteiger partial charge in [-0.05, 0) is 36.9 Å². The second kappa shape index (κ2) is 8.28. The SMILES string of the molecule is CCN(CC)CCN1C(=O)N2CCOc3ccc(Cl)cc3C2(c2ccccc2)C1=O. The van der Waals surface area contributed by atoms with Crippen LogP contribution < -0.4 is 4.74 Å². The molecular weight excluding hydrogens is 402 g/mol. The molecule has 30 heavy (non-hydrogen) atoms. The molecule has 2 aromatic rings. The largest absolute Gasteiger partial charge is 0.491 e. The van der Waals surface area contributed by atoms with E-state index >= 15 is 0 Å². The van der Waals surface area contributed by atoms with Crippen molar-refractivity contribution in [1.82, 2.24) is 14.7 Å². The molecule has 158 valence electrons. The number of carbonyl (C=O) groups is 2. The van der Waals surface area contributed by atoms with Gasteiger partial charge in [0.15, 0.2) is 5.54 Å². The van der Waals surface area contributed by atoms with E-state index in [9.17, 15) is 9.59 Å². The van der Waals surface area contributed by atoms with Crippen molar-refractivity contribution in [3.05, 3.63) is 64.7 Å². The lowest BCUT2D eigenvalue weighted by molar-refractivity contribution is -0.132. The highest BCUT2D eigenvalue weighted by molar-refractivity contribution is 6.30. The van der Waals surface area contributed by atoms with Gasteiger partial charge in [0.2, 0.25) is 0 Å². The summed E-state index contributed by atoms with van der Waals surface area (Å²) in [5.41, 5.74) is 0.0725. The van der Waals surface area contributed by atoms with Crippen molar-refractivity contribution in [3.8, 4) is 5.75 Å². The summed E-state index contributed by atoms with van der Waals surface area (Å²) in [6, 6.07) is 14.4. The van der Waals surface area contributed by atoms with Crippen LogP contribution in [0.15, 0.2) is 48.5 Å². The molecular formula is C23H26ClN3O3. The molecule has 2 aromatic carbocycles. The predicted molar refractivity (Wildman–Crippen MR) is 116 cm³/mol. The molecule has 2 heterocycles. The Morgan fingerprint density at radius 3 is 2.53 bits per heavy atom. The van der Waals surface area contributed by atoms with Gasteiger partial charge in [-0.1, -0.05) is 55.8 Å². The minimum absolute atomic E-state index is 0.250. The number of carbonyl (C=O) groups excluding carboxylic acids is 2. The first-order valence-electron chi connectivity index (χ1n) is 10.4. The fraction of sp³-hybridized carbons (Fsp3) is 0.391. The van der Waals surface area contributed by atoms with Crippen LogP contribution in [0.3, 0.4) is 0 Å².